The second-order valence-corrected chi connectivity index (χ2v) is 5.32. The van der Waals surface area contributed by atoms with E-state index in [4.69, 9.17) is 11.6 Å². The van der Waals surface area contributed by atoms with Crippen LogP contribution in [0.15, 0.2) is 11.8 Å². The molecule has 1 aliphatic heterocycles. The third kappa shape index (κ3) is 3.30. The number of hydrogen-bond acceptors (Lipinski definition) is 2. The fourth-order valence-electron chi connectivity index (χ4n) is 2.32. The third-order valence-electron chi connectivity index (χ3n) is 3.45. The molecule has 0 aromatic heterocycles. The van der Waals surface area contributed by atoms with Gasteiger partial charge in [0, 0.05) is 19.5 Å². The average Bonchev–Trinajstić information content (AvgIpc) is 2.41. The van der Waals surface area contributed by atoms with Gasteiger partial charge in [-0.3, -0.25) is 9.59 Å². The van der Waals surface area contributed by atoms with Gasteiger partial charge in [0.25, 0.3) is 5.91 Å². The Kier molecular flexibility index (Phi) is 5.85. The second kappa shape index (κ2) is 6.94. The summed E-state index contributed by atoms with van der Waals surface area (Å²) in [5, 5.41) is 0. The summed E-state index contributed by atoms with van der Waals surface area (Å²) >= 11 is 5.81. The van der Waals surface area contributed by atoms with Crippen LogP contribution in [0.2, 0.25) is 0 Å². The van der Waals surface area contributed by atoms with Crippen molar-refractivity contribution in [3.63, 3.8) is 0 Å². The lowest BCUT2D eigenvalue weighted by Crippen LogP contribution is -2.57. The Hall–Kier alpha value is -1.03. The van der Waals surface area contributed by atoms with E-state index in [1.54, 1.807) is 16.8 Å². The zero-order valence-corrected chi connectivity index (χ0v) is 12.9. The Labute approximate surface area is 120 Å². The molecule has 2 unspecified atom stereocenters. The van der Waals surface area contributed by atoms with Crippen LogP contribution in [0.4, 0.5) is 0 Å². The lowest BCUT2D eigenvalue weighted by molar-refractivity contribution is -0.150. The minimum absolute atomic E-state index is 0.00117. The number of allylic oxidation sites excluding steroid dienone is 1. The molecule has 0 bridgehead atoms. The van der Waals surface area contributed by atoms with Crippen molar-refractivity contribution in [3.05, 3.63) is 11.8 Å². The third-order valence-corrected chi connectivity index (χ3v) is 3.98. The zero-order chi connectivity index (χ0) is 14.6. The molecule has 0 N–H and O–H groups in total. The number of amides is 2. The molecule has 1 heterocycles. The van der Waals surface area contributed by atoms with Crippen molar-refractivity contribution in [1.29, 1.82) is 0 Å². The molecule has 0 aliphatic carbocycles. The summed E-state index contributed by atoms with van der Waals surface area (Å²) in [6.45, 7) is 6.37. The van der Waals surface area contributed by atoms with Gasteiger partial charge in [-0.1, -0.05) is 19.9 Å². The van der Waals surface area contributed by atoms with Gasteiger partial charge in [0.05, 0.1) is 0 Å². The molecule has 1 aliphatic rings. The number of nitrogens with zero attached hydrogens (tertiary/aromatic N) is 2. The van der Waals surface area contributed by atoms with Crippen LogP contribution in [-0.4, -0.2) is 47.1 Å². The van der Waals surface area contributed by atoms with Gasteiger partial charge in [0.1, 0.15) is 11.7 Å². The van der Waals surface area contributed by atoms with Crippen LogP contribution in [-0.2, 0) is 9.59 Å². The highest BCUT2D eigenvalue weighted by Crippen LogP contribution is 2.24. The number of alkyl halides is 1. The van der Waals surface area contributed by atoms with Gasteiger partial charge < -0.3 is 9.80 Å². The van der Waals surface area contributed by atoms with Gasteiger partial charge in [-0.25, -0.2) is 0 Å². The smallest absolute Gasteiger partial charge is 0.270 e. The molecular formula is C14H23ClN2O2. The summed E-state index contributed by atoms with van der Waals surface area (Å²) in [4.78, 5) is 28.0. The predicted molar refractivity (Wildman–Crippen MR) is 76.8 cm³/mol. The van der Waals surface area contributed by atoms with Gasteiger partial charge >= 0.3 is 0 Å². The monoisotopic (exact) mass is 286 g/mol. The van der Waals surface area contributed by atoms with Crippen LogP contribution in [0.5, 0.6) is 0 Å². The molecule has 2 atom stereocenters. The van der Waals surface area contributed by atoms with E-state index in [0.29, 0.717) is 24.5 Å². The molecule has 2 amide bonds. The van der Waals surface area contributed by atoms with Crippen LogP contribution in [0, 0.1) is 5.92 Å². The summed E-state index contributed by atoms with van der Waals surface area (Å²) in [6, 6.07) is -0.393. The van der Waals surface area contributed by atoms with Crippen LogP contribution in [0.25, 0.3) is 0 Å². The van der Waals surface area contributed by atoms with E-state index in [1.807, 2.05) is 26.8 Å². The van der Waals surface area contributed by atoms with E-state index >= 15 is 0 Å². The van der Waals surface area contributed by atoms with E-state index in [1.165, 1.54) is 0 Å². The highest BCUT2D eigenvalue weighted by atomic mass is 35.5. The number of rotatable bonds is 5. The maximum atomic E-state index is 12.5. The van der Waals surface area contributed by atoms with E-state index in [0.717, 1.165) is 6.42 Å². The van der Waals surface area contributed by atoms with Gasteiger partial charge in [-0.05, 0) is 25.7 Å². The summed E-state index contributed by atoms with van der Waals surface area (Å²) in [7, 11) is 1.70. The lowest BCUT2D eigenvalue weighted by atomic mass is 9.98. The van der Waals surface area contributed by atoms with E-state index in [9.17, 15) is 9.59 Å². The first kappa shape index (κ1) is 16.0. The van der Waals surface area contributed by atoms with Crippen LogP contribution in [0.1, 0.15) is 33.6 Å². The maximum absolute atomic E-state index is 12.5. The topological polar surface area (TPSA) is 40.6 Å². The van der Waals surface area contributed by atoms with Gasteiger partial charge in [0.15, 0.2) is 0 Å². The Morgan fingerprint density at radius 1 is 1.37 bits per heavy atom. The van der Waals surface area contributed by atoms with E-state index < -0.39 is 6.04 Å². The molecule has 0 radical (unpaired) electrons. The summed E-state index contributed by atoms with van der Waals surface area (Å²) in [6.07, 6.45) is 3.17. The molecule has 0 saturated carbocycles. The highest BCUT2D eigenvalue weighted by molar-refractivity contribution is 6.18. The normalized spacial score (nSPS) is 24.3. The first-order chi connectivity index (χ1) is 8.97. The van der Waals surface area contributed by atoms with Crippen molar-refractivity contribution in [3.8, 4) is 0 Å². The fraction of sp³-hybridized carbons (Fsp3) is 0.714. The minimum Gasteiger partial charge on any atom is -0.328 e. The van der Waals surface area contributed by atoms with Gasteiger partial charge in [-0.15, -0.1) is 11.6 Å². The number of carbonyl (C=O) groups is 2. The largest absolute Gasteiger partial charge is 0.328 e. The Bertz CT molecular complexity index is 382. The van der Waals surface area contributed by atoms with Crippen molar-refractivity contribution < 1.29 is 9.59 Å². The molecule has 1 rings (SSSR count). The number of piperazine rings is 1. The van der Waals surface area contributed by atoms with Crippen molar-refractivity contribution in [2.75, 3.05) is 19.5 Å². The first-order valence-corrected chi connectivity index (χ1v) is 7.35. The van der Waals surface area contributed by atoms with Crippen molar-refractivity contribution in [2.24, 2.45) is 5.92 Å². The maximum Gasteiger partial charge on any atom is 0.270 e. The number of carbonyl (C=O) groups excluding carboxylic acids is 2. The number of halogens is 1. The summed E-state index contributed by atoms with van der Waals surface area (Å²) in [5.74, 6) is 0.632. The van der Waals surface area contributed by atoms with Crippen molar-refractivity contribution >= 4 is 23.4 Å². The molecule has 108 valence electrons. The quantitative estimate of drug-likeness (QED) is 0.574. The molecule has 4 nitrogen and oxygen atoms in total. The van der Waals surface area contributed by atoms with Crippen molar-refractivity contribution in [1.82, 2.24) is 9.80 Å². The predicted octanol–water partition coefficient (Wildman–Crippen LogP) is 2.23. The fourth-order valence-corrected chi connectivity index (χ4v) is 2.45. The lowest BCUT2D eigenvalue weighted by Gasteiger charge is -2.40. The molecule has 0 spiro atoms. The van der Waals surface area contributed by atoms with Gasteiger partial charge in [0.2, 0.25) is 5.91 Å². The Balaban J connectivity index is 3.03. The highest BCUT2D eigenvalue weighted by Gasteiger charge is 2.40. The zero-order valence-electron chi connectivity index (χ0n) is 12.1. The van der Waals surface area contributed by atoms with Gasteiger partial charge in [-0.2, -0.15) is 0 Å². The number of likely N-dealkylation sites (N-methyl/N-ethyl adjacent to an activating group) is 2. The SMILES string of the molecule is CCC=C1C(=O)N(C)C(CC(C)CCl)C(=O)N1CC. The minimum atomic E-state index is -0.393. The average molecular weight is 287 g/mol. The van der Waals surface area contributed by atoms with Crippen LogP contribution < -0.4 is 0 Å². The molecule has 5 heteroatoms. The molecule has 1 fully saturated rings. The summed E-state index contributed by atoms with van der Waals surface area (Å²) in [5.41, 5.74) is 0.507. The summed E-state index contributed by atoms with van der Waals surface area (Å²) < 4.78 is 0. The first-order valence-electron chi connectivity index (χ1n) is 6.82. The molecule has 0 aromatic rings. The standard InChI is InChI=1S/C14H23ClN2O2/c1-5-7-11-13(18)16(4)12(8-10(3)9-15)14(19)17(11)6-2/h7,10,12H,5-6,8-9H2,1-4H3. The molecule has 19 heavy (non-hydrogen) atoms. The Morgan fingerprint density at radius 3 is 2.47 bits per heavy atom. The molecular weight excluding hydrogens is 264 g/mol. The number of hydrogen-bond donors (Lipinski definition) is 0. The van der Waals surface area contributed by atoms with E-state index in [2.05, 4.69) is 0 Å². The molecule has 1 saturated heterocycles. The van der Waals surface area contributed by atoms with Crippen LogP contribution in [0.3, 0.4) is 0 Å². The molecule has 0 aromatic carbocycles. The van der Waals surface area contributed by atoms with Crippen LogP contribution >= 0.6 is 11.6 Å². The second-order valence-electron chi connectivity index (χ2n) is 5.01. The van der Waals surface area contributed by atoms with E-state index in [-0.39, 0.29) is 17.7 Å². The Morgan fingerprint density at radius 2 is 2.00 bits per heavy atom. The van der Waals surface area contributed by atoms with Crippen molar-refractivity contribution in [2.45, 2.75) is 39.7 Å².